The first kappa shape index (κ1) is 27.1. The van der Waals surface area contributed by atoms with Crippen LogP contribution in [-0.2, 0) is 19.2 Å². The van der Waals surface area contributed by atoms with Gasteiger partial charge in [0.1, 0.15) is 18.6 Å². The number of carbonyl (C=O) groups excluding carboxylic acids is 3. The zero-order chi connectivity index (χ0) is 23.1. The van der Waals surface area contributed by atoms with Crippen LogP contribution in [0.1, 0.15) is 39.0 Å². The van der Waals surface area contributed by atoms with E-state index < -0.39 is 48.4 Å². The maximum absolute atomic E-state index is 12.7. The second-order valence-corrected chi connectivity index (χ2v) is 6.76. The number of guanidine groups is 1. The number of amides is 3. The first-order valence-corrected chi connectivity index (χ1v) is 9.69. The van der Waals surface area contributed by atoms with Crippen LogP contribution in [0.3, 0.4) is 0 Å². The third-order valence-corrected chi connectivity index (χ3v) is 3.99. The molecule has 3 atom stereocenters. The van der Waals surface area contributed by atoms with Crippen LogP contribution in [-0.4, -0.2) is 72.5 Å². The highest BCUT2D eigenvalue weighted by Gasteiger charge is 2.27. The third kappa shape index (κ3) is 12.5. The Morgan fingerprint density at radius 2 is 1.50 bits per heavy atom. The standard InChI is InChI=1S/C17H34N8O5/c1-10(19)14(28)24-12(5-2-3-7-18)16(30)25-11(6-4-8-22-17(20)21)15(29)23-9-13(26)27/h10-12H,2-9,18-19H2,1H3,(H,23,29)(H,24,28)(H,25,30)(H,26,27)(H4,20,21,22). The van der Waals surface area contributed by atoms with Crippen LogP contribution in [0, 0.1) is 0 Å². The molecule has 0 aliphatic carbocycles. The van der Waals surface area contributed by atoms with Gasteiger partial charge in [-0.3, -0.25) is 24.2 Å². The van der Waals surface area contributed by atoms with Crippen molar-refractivity contribution in [2.75, 3.05) is 19.6 Å². The number of rotatable bonds is 15. The number of carbonyl (C=O) groups is 4. The molecule has 30 heavy (non-hydrogen) atoms. The normalized spacial score (nSPS) is 13.4. The Morgan fingerprint density at radius 3 is 2.03 bits per heavy atom. The fourth-order valence-electron chi connectivity index (χ4n) is 2.40. The van der Waals surface area contributed by atoms with Crippen LogP contribution in [0.15, 0.2) is 4.99 Å². The summed E-state index contributed by atoms with van der Waals surface area (Å²) in [5.74, 6) is -3.10. The fourth-order valence-corrected chi connectivity index (χ4v) is 2.40. The molecular formula is C17H34N8O5. The summed E-state index contributed by atoms with van der Waals surface area (Å²) in [7, 11) is 0. The molecule has 0 spiro atoms. The summed E-state index contributed by atoms with van der Waals surface area (Å²) in [6, 6.07) is -2.76. The Morgan fingerprint density at radius 1 is 0.933 bits per heavy atom. The second kappa shape index (κ2) is 15.0. The van der Waals surface area contributed by atoms with E-state index in [0.29, 0.717) is 32.2 Å². The minimum atomic E-state index is -1.22. The Labute approximate surface area is 175 Å². The number of aliphatic imine (C=N–C) groups is 1. The third-order valence-electron chi connectivity index (χ3n) is 3.99. The molecule has 3 unspecified atom stereocenters. The predicted molar refractivity (Wildman–Crippen MR) is 111 cm³/mol. The number of hydrogen-bond donors (Lipinski definition) is 8. The molecule has 0 aromatic rings. The highest BCUT2D eigenvalue weighted by molar-refractivity contribution is 5.93. The molecule has 13 nitrogen and oxygen atoms in total. The summed E-state index contributed by atoms with van der Waals surface area (Å²) in [6.07, 6.45) is 2.05. The van der Waals surface area contributed by atoms with E-state index in [1.54, 1.807) is 0 Å². The maximum Gasteiger partial charge on any atom is 0.322 e. The average Bonchev–Trinajstić information content (AvgIpc) is 2.67. The zero-order valence-corrected chi connectivity index (χ0v) is 17.2. The summed E-state index contributed by atoms with van der Waals surface area (Å²) in [6.45, 7) is 1.54. The zero-order valence-electron chi connectivity index (χ0n) is 17.2. The lowest BCUT2D eigenvalue weighted by Crippen LogP contribution is -2.55. The molecule has 3 amide bonds. The molecule has 0 aromatic carbocycles. The minimum absolute atomic E-state index is 0.107. The van der Waals surface area contributed by atoms with E-state index in [9.17, 15) is 19.2 Å². The molecular weight excluding hydrogens is 396 g/mol. The first-order chi connectivity index (χ1) is 14.1. The van der Waals surface area contributed by atoms with Crippen LogP contribution < -0.4 is 38.9 Å². The van der Waals surface area contributed by atoms with E-state index in [1.807, 2.05) is 0 Å². The first-order valence-electron chi connectivity index (χ1n) is 9.69. The van der Waals surface area contributed by atoms with Crippen molar-refractivity contribution in [2.45, 2.75) is 57.2 Å². The van der Waals surface area contributed by atoms with Gasteiger partial charge in [0, 0.05) is 6.54 Å². The van der Waals surface area contributed by atoms with Crippen molar-refractivity contribution in [3.8, 4) is 0 Å². The van der Waals surface area contributed by atoms with Gasteiger partial charge in [0.15, 0.2) is 5.96 Å². The fraction of sp³-hybridized carbons (Fsp3) is 0.706. The molecule has 0 fully saturated rings. The minimum Gasteiger partial charge on any atom is -0.480 e. The van der Waals surface area contributed by atoms with Gasteiger partial charge in [-0.2, -0.15) is 0 Å². The van der Waals surface area contributed by atoms with Crippen molar-refractivity contribution in [1.29, 1.82) is 0 Å². The molecule has 0 bridgehead atoms. The Hall–Kier alpha value is -2.93. The summed E-state index contributed by atoms with van der Waals surface area (Å²) >= 11 is 0. The maximum atomic E-state index is 12.7. The van der Waals surface area contributed by atoms with Gasteiger partial charge in [0.2, 0.25) is 17.7 Å². The number of aliphatic carboxylic acids is 1. The molecule has 172 valence electrons. The van der Waals surface area contributed by atoms with Crippen LogP contribution in [0.4, 0.5) is 0 Å². The van der Waals surface area contributed by atoms with Crippen molar-refractivity contribution >= 4 is 29.7 Å². The second-order valence-electron chi connectivity index (χ2n) is 6.76. The lowest BCUT2D eigenvalue weighted by atomic mass is 10.1. The van der Waals surface area contributed by atoms with E-state index in [0.717, 1.165) is 0 Å². The van der Waals surface area contributed by atoms with Crippen molar-refractivity contribution in [3.63, 3.8) is 0 Å². The number of unbranched alkanes of at least 4 members (excludes halogenated alkanes) is 1. The van der Waals surface area contributed by atoms with Gasteiger partial charge < -0.3 is 44.0 Å². The Bertz CT molecular complexity index is 607. The van der Waals surface area contributed by atoms with Crippen LogP contribution >= 0.6 is 0 Å². The SMILES string of the molecule is CC(N)C(=O)NC(CCCCN)C(=O)NC(CCCN=C(N)N)C(=O)NCC(=O)O. The van der Waals surface area contributed by atoms with Crippen molar-refractivity contribution < 1.29 is 24.3 Å². The summed E-state index contributed by atoms with van der Waals surface area (Å²) < 4.78 is 0. The van der Waals surface area contributed by atoms with E-state index >= 15 is 0 Å². The number of carboxylic acid groups (broad SMARTS) is 1. The van der Waals surface area contributed by atoms with E-state index in [-0.39, 0.29) is 18.9 Å². The lowest BCUT2D eigenvalue weighted by Gasteiger charge is -2.23. The monoisotopic (exact) mass is 430 g/mol. The van der Waals surface area contributed by atoms with Gasteiger partial charge in [-0.15, -0.1) is 0 Å². The molecule has 13 heteroatoms. The largest absolute Gasteiger partial charge is 0.480 e. The number of nitrogens with one attached hydrogen (secondary N) is 3. The highest BCUT2D eigenvalue weighted by Crippen LogP contribution is 2.05. The van der Waals surface area contributed by atoms with Gasteiger partial charge >= 0.3 is 5.97 Å². The lowest BCUT2D eigenvalue weighted by molar-refractivity contribution is -0.138. The summed E-state index contributed by atoms with van der Waals surface area (Å²) in [4.78, 5) is 51.5. The molecule has 0 saturated carbocycles. The van der Waals surface area contributed by atoms with Gasteiger partial charge in [-0.1, -0.05) is 0 Å². The Kier molecular flexibility index (Phi) is 13.5. The number of nitrogens with zero attached hydrogens (tertiary/aromatic N) is 1. The highest BCUT2D eigenvalue weighted by atomic mass is 16.4. The molecule has 0 aromatic heterocycles. The van der Waals surface area contributed by atoms with Crippen molar-refractivity contribution in [3.05, 3.63) is 0 Å². The number of carboxylic acids is 1. The van der Waals surface area contributed by atoms with Gasteiger partial charge in [0.25, 0.3) is 0 Å². The van der Waals surface area contributed by atoms with E-state index in [1.165, 1.54) is 6.92 Å². The summed E-state index contributed by atoms with van der Waals surface area (Å²) in [5, 5.41) is 16.1. The molecule has 12 N–H and O–H groups in total. The van der Waals surface area contributed by atoms with E-state index in [4.69, 9.17) is 28.0 Å². The molecule has 0 radical (unpaired) electrons. The van der Waals surface area contributed by atoms with Gasteiger partial charge in [-0.25, -0.2) is 0 Å². The topological polar surface area (TPSA) is 241 Å². The van der Waals surface area contributed by atoms with Crippen LogP contribution in [0.5, 0.6) is 0 Å². The molecule has 0 heterocycles. The quantitative estimate of drug-likeness (QED) is 0.0735. The van der Waals surface area contributed by atoms with Crippen molar-refractivity contribution in [1.82, 2.24) is 16.0 Å². The van der Waals surface area contributed by atoms with Gasteiger partial charge in [-0.05, 0) is 45.6 Å². The summed E-state index contributed by atoms with van der Waals surface area (Å²) in [5.41, 5.74) is 21.5. The Balaban J connectivity index is 5.18. The predicted octanol–water partition coefficient (Wildman–Crippen LogP) is -3.31. The average molecular weight is 431 g/mol. The molecule has 0 aliphatic rings. The molecule has 0 saturated heterocycles. The van der Waals surface area contributed by atoms with E-state index in [2.05, 4.69) is 20.9 Å². The number of hydrogen-bond acceptors (Lipinski definition) is 7. The van der Waals surface area contributed by atoms with Crippen LogP contribution in [0.25, 0.3) is 0 Å². The molecule has 0 rings (SSSR count). The van der Waals surface area contributed by atoms with Crippen molar-refractivity contribution in [2.24, 2.45) is 27.9 Å². The smallest absolute Gasteiger partial charge is 0.322 e. The van der Waals surface area contributed by atoms with Crippen LogP contribution in [0.2, 0.25) is 0 Å². The number of nitrogens with two attached hydrogens (primary N) is 4. The van der Waals surface area contributed by atoms with Gasteiger partial charge in [0.05, 0.1) is 6.04 Å². The molecule has 0 aliphatic heterocycles.